The minimum atomic E-state index is 0.615. The van der Waals surface area contributed by atoms with Crippen molar-refractivity contribution in [3.05, 3.63) is 261 Å². The van der Waals surface area contributed by atoms with Crippen molar-refractivity contribution in [2.45, 2.75) is 0 Å². The molecule has 0 bridgehead atoms. The van der Waals surface area contributed by atoms with Gasteiger partial charge in [-0.15, -0.1) is 0 Å². The molecule has 0 radical (unpaired) electrons. The third-order valence-electron chi connectivity index (χ3n) is 15.4. The molecule has 11 aromatic carbocycles. The zero-order valence-corrected chi connectivity index (χ0v) is 41.0. The number of para-hydroxylation sites is 5. The molecule has 354 valence electrons. The zero-order valence-electron chi connectivity index (χ0n) is 41.0. The summed E-state index contributed by atoms with van der Waals surface area (Å²) >= 11 is 0. The fraction of sp³-hybridized carbons (Fsp3) is 0. The molecule has 0 fully saturated rings. The minimum Gasteiger partial charge on any atom is -0.309 e. The number of fused-ring (bicyclic) bond motifs is 14. The maximum atomic E-state index is 5.21. The number of benzene rings is 11. The Kier molecular flexibility index (Phi) is 9.20. The standard InChI is InChI=1S/C69H43N7/c1-6-20-44(21-7-1)67-70-68(45-22-8-2-9-23-45)72-69(71-67)46-34-38-60-56(42-46)64-62(74(60)48-26-12-4-13-27-48)40-36-52-51-30-16-18-32-57(51)76(65(52)64)50-35-39-59-55(43-50)53-37-41-61-63(66(53)75(59)49-28-14-5-15-29-49)54-31-17-19-33-58(54)73(61)47-24-10-3-11-25-47/h1-43H. The molecule has 0 unspecified atom stereocenters. The van der Waals surface area contributed by atoms with Crippen molar-refractivity contribution in [1.82, 2.24) is 33.2 Å². The maximum Gasteiger partial charge on any atom is 0.164 e. The van der Waals surface area contributed by atoms with Crippen LogP contribution in [0, 0.1) is 0 Å². The average molecular weight is 970 g/mol. The second-order valence-electron chi connectivity index (χ2n) is 19.6. The summed E-state index contributed by atoms with van der Waals surface area (Å²) in [6.07, 6.45) is 0. The van der Waals surface area contributed by atoms with Gasteiger partial charge in [-0.1, -0.05) is 164 Å². The SMILES string of the molecule is c1ccc(-c2nc(-c3ccccc3)nc(-c3ccc4c(c3)c3c(ccc5c6ccccc6n(-c6ccc7c(c6)c6ccc8c(c9ccccc9n8-c8ccccc8)c6n7-c6ccccc6)c53)n4-c3ccccc3)n2)cc1. The lowest BCUT2D eigenvalue weighted by molar-refractivity contribution is 1.07. The molecule has 0 N–H and O–H groups in total. The molecule has 0 saturated carbocycles. The number of nitrogens with zero attached hydrogens (tertiary/aromatic N) is 7. The zero-order chi connectivity index (χ0) is 49.8. The number of hydrogen-bond acceptors (Lipinski definition) is 3. The Balaban J connectivity index is 1.00. The summed E-state index contributed by atoms with van der Waals surface area (Å²) in [6, 6.07) is 93.4. The highest BCUT2D eigenvalue weighted by atomic mass is 15.1. The lowest BCUT2D eigenvalue weighted by atomic mass is 10.1. The Morgan fingerprint density at radius 3 is 1.16 bits per heavy atom. The second-order valence-corrected chi connectivity index (χ2v) is 19.6. The van der Waals surface area contributed by atoms with Gasteiger partial charge in [0.05, 0.1) is 44.1 Å². The van der Waals surface area contributed by atoms with E-state index in [4.69, 9.17) is 15.0 Å². The van der Waals surface area contributed by atoms with Gasteiger partial charge in [0.15, 0.2) is 17.5 Å². The van der Waals surface area contributed by atoms with E-state index in [1.54, 1.807) is 0 Å². The van der Waals surface area contributed by atoms with Crippen molar-refractivity contribution in [3.63, 3.8) is 0 Å². The van der Waals surface area contributed by atoms with Gasteiger partial charge in [0.1, 0.15) is 0 Å². The fourth-order valence-corrected chi connectivity index (χ4v) is 12.1. The first-order valence-electron chi connectivity index (χ1n) is 25.8. The molecule has 0 aliphatic rings. The molecule has 16 rings (SSSR count). The third kappa shape index (κ3) is 6.26. The van der Waals surface area contributed by atoms with Crippen LogP contribution < -0.4 is 0 Å². The molecule has 5 heterocycles. The highest BCUT2D eigenvalue weighted by Gasteiger charge is 2.25. The van der Waals surface area contributed by atoms with Gasteiger partial charge in [0.25, 0.3) is 0 Å². The number of hydrogen-bond donors (Lipinski definition) is 0. The first-order valence-corrected chi connectivity index (χ1v) is 25.8. The summed E-state index contributed by atoms with van der Waals surface area (Å²) in [5, 5.41) is 9.45. The van der Waals surface area contributed by atoms with E-state index in [9.17, 15) is 0 Å². The summed E-state index contributed by atoms with van der Waals surface area (Å²) in [7, 11) is 0. The van der Waals surface area contributed by atoms with Gasteiger partial charge >= 0.3 is 0 Å². The summed E-state index contributed by atoms with van der Waals surface area (Å²) in [5.74, 6) is 1.88. The number of rotatable bonds is 7. The van der Waals surface area contributed by atoms with E-state index in [-0.39, 0.29) is 0 Å². The van der Waals surface area contributed by atoms with Crippen LogP contribution in [0.5, 0.6) is 0 Å². The van der Waals surface area contributed by atoms with Crippen LogP contribution in [0.4, 0.5) is 0 Å². The van der Waals surface area contributed by atoms with E-state index >= 15 is 0 Å². The van der Waals surface area contributed by atoms with E-state index in [1.165, 1.54) is 48.9 Å². The van der Waals surface area contributed by atoms with E-state index in [1.807, 2.05) is 36.4 Å². The highest BCUT2D eigenvalue weighted by molar-refractivity contribution is 6.28. The van der Waals surface area contributed by atoms with Gasteiger partial charge in [-0.05, 0) is 97.1 Å². The lowest BCUT2D eigenvalue weighted by Gasteiger charge is -2.12. The Labute approximate surface area is 436 Å². The fourth-order valence-electron chi connectivity index (χ4n) is 12.1. The van der Waals surface area contributed by atoms with Crippen molar-refractivity contribution in [2.24, 2.45) is 0 Å². The highest BCUT2D eigenvalue weighted by Crippen LogP contribution is 2.46. The Morgan fingerprint density at radius 2 is 0.592 bits per heavy atom. The number of aromatic nitrogens is 7. The topological polar surface area (TPSA) is 58.4 Å². The molecule has 7 heteroatoms. The largest absolute Gasteiger partial charge is 0.309 e. The van der Waals surface area contributed by atoms with Crippen molar-refractivity contribution in [1.29, 1.82) is 0 Å². The van der Waals surface area contributed by atoms with Gasteiger partial charge in [0.2, 0.25) is 0 Å². The molecule has 0 saturated heterocycles. The van der Waals surface area contributed by atoms with Crippen molar-refractivity contribution in [3.8, 4) is 56.9 Å². The van der Waals surface area contributed by atoms with Gasteiger partial charge in [0, 0.05) is 82.5 Å². The molecule has 0 aliphatic heterocycles. The molecule has 16 aromatic rings. The van der Waals surface area contributed by atoms with Crippen LogP contribution in [0.2, 0.25) is 0 Å². The molecule has 0 atom stereocenters. The predicted molar refractivity (Wildman–Crippen MR) is 313 cm³/mol. The molecule has 7 nitrogen and oxygen atoms in total. The summed E-state index contributed by atoms with van der Waals surface area (Å²) < 4.78 is 9.80. The average Bonchev–Trinajstić information content (AvgIpc) is 4.38. The van der Waals surface area contributed by atoms with Crippen molar-refractivity contribution < 1.29 is 0 Å². The Bertz CT molecular complexity index is 4900. The molecular weight excluding hydrogens is 927 g/mol. The van der Waals surface area contributed by atoms with Crippen molar-refractivity contribution >= 4 is 87.2 Å². The van der Waals surface area contributed by atoms with Crippen LogP contribution in [0.25, 0.3) is 144 Å². The van der Waals surface area contributed by atoms with Crippen LogP contribution in [0.1, 0.15) is 0 Å². The van der Waals surface area contributed by atoms with E-state index < -0.39 is 0 Å². The van der Waals surface area contributed by atoms with Crippen LogP contribution in [-0.4, -0.2) is 33.2 Å². The summed E-state index contributed by atoms with van der Waals surface area (Å²) in [6.45, 7) is 0. The maximum absolute atomic E-state index is 5.21. The summed E-state index contributed by atoms with van der Waals surface area (Å²) in [4.78, 5) is 15.4. The lowest BCUT2D eigenvalue weighted by Crippen LogP contribution is -2.00. The molecule has 0 aliphatic carbocycles. The Hall–Kier alpha value is -10.4. The van der Waals surface area contributed by atoms with Crippen molar-refractivity contribution in [2.75, 3.05) is 0 Å². The van der Waals surface area contributed by atoms with Gasteiger partial charge in [-0.2, -0.15) is 0 Å². The molecule has 0 amide bonds. The van der Waals surface area contributed by atoms with Gasteiger partial charge in [-0.3, -0.25) is 0 Å². The second kappa shape index (κ2) is 16.6. The van der Waals surface area contributed by atoms with Gasteiger partial charge in [-0.25, -0.2) is 15.0 Å². The van der Waals surface area contributed by atoms with E-state index in [0.717, 1.165) is 77.8 Å². The normalized spacial score (nSPS) is 11.9. The van der Waals surface area contributed by atoms with Crippen LogP contribution in [-0.2, 0) is 0 Å². The minimum absolute atomic E-state index is 0.615. The first-order chi connectivity index (χ1) is 37.7. The quantitative estimate of drug-likeness (QED) is 0.160. The molecule has 76 heavy (non-hydrogen) atoms. The predicted octanol–water partition coefficient (Wildman–Crippen LogP) is 17.3. The monoisotopic (exact) mass is 969 g/mol. The van der Waals surface area contributed by atoms with E-state index in [2.05, 4.69) is 243 Å². The first kappa shape index (κ1) is 42.2. The third-order valence-corrected chi connectivity index (χ3v) is 15.4. The Morgan fingerprint density at radius 1 is 0.211 bits per heavy atom. The van der Waals surface area contributed by atoms with Crippen LogP contribution in [0.15, 0.2) is 261 Å². The molecule has 5 aromatic heterocycles. The van der Waals surface area contributed by atoms with E-state index in [0.29, 0.717) is 17.5 Å². The molecule has 0 spiro atoms. The molecular formula is C69H43N7. The summed E-state index contributed by atoms with van der Waals surface area (Å²) in [5.41, 5.74) is 16.4. The van der Waals surface area contributed by atoms with Crippen LogP contribution >= 0.6 is 0 Å². The van der Waals surface area contributed by atoms with Gasteiger partial charge < -0.3 is 18.3 Å². The van der Waals surface area contributed by atoms with Crippen LogP contribution in [0.3, 0.4) is 0 Å². The smallest absolute Gasteiger partial charge is 0.164 e.